The zero-order valence-electron chi connectivity index (χ0n) is 16.3. The third-order valence-electron chi connectivity index (χ3n) is 4.58. The monoisotopic (exact) mass is 411 g/mol. The molecular formula is C21H31Cl2N3O. The number of nitrogens with zero attached hydrogens (tertiary/aromatic N) is 1. The molecule has 6 heteroatoms. The van der Waals surface area contributed by atoms with Gasteiger partial charge in [-0.25, -0.2) is 0 Å². The average Bonchev–Trinajstić information content (AvgIpc) is 2.65. The number of nitrogens with one attached hydrogen (secondary N) is 1. The maximum absolute atomic E-state index is 12.4. The molecule has 4 nitrogen and oxygen atoms in total. The van der Waals surface area contributed by atoms with Gasteiger partial charge in [0.15, 0.2) is 0 Å². The Morgan fingerprint density at radius 2 is 1.56 bits per heavy atom. The van der Waals surface area contributed by atoms with Crippen molar-refractivity contribution in [1.29, 1.82) is 0 Å². The summed E-state index contributed by atoms with van der Waals surface area (Å²) in [6.07, 6.45) is 0. The molecule has 0 heterocycles. The van der Waals surface area contributed by atoms with Gasteiger partial charge in [0, 0.05) is 13.1 Å². The molecule has 0 aliphatic rings. The summed E-state index contributed by atoms with van der Waals surface area (Å²) in [5.74, 6) is -0.151. The smallest absolute Gasteiger partial charge is 0.241 e. The molecule has 3 N–H and O–H groups in total. The van der Waals surface area contributed by atoms with Crippen LogP contribution in [0.2, 0.25) is 0 Å². The first-order valence-electron chi connectivity index (χ1n) is 8.94. The van der Waals surface area contributed by atoms with E-state index in [0.717, 1.165) is 36.3 Å². The molecule has 27 heavy (non-hydrogen) atoms. The van der Waals surface area contributed by atoms with E-state index >= 15 is 0 Å². The minimum atomic E-state index is -0.643. The number of hydrogen-bond donors (Lipinski definition) is 2. The lowest BCUT2D eigenvalue weighted by Crippen LogP contribution is -2.34. The second kappa shape index (κ2) is 12.7. The van der Waals surface area contributed by atoms with Crippen molar-refractivity contribution < 1.29 is 4.79 Å². The highest BCUT2D eigenvalue weighted by Crippen LogP contribution is 2.14. The zero-order valence-corrected chi connectivity index (χ0v) is 17.9. The van der Waals surface area contributed by atoms with Gasteiger partial charge in [-0.1, -0.05) is 67.9 Å². The van der Waals surface area contributed by atoms with Crippen LogP contribution in [0.4, 0.5) is 0 Å². The minimum Gasteiger partial charge on any atom is -0.350 e. The Kier molecular flexibility index (Phi) is 12.0. The van der Waals surface area contributed by atoms with E-state index in [9.17, 15) is 4.79 Å². The lowest BCUT2D eigenvalue weighted by molar-refractivity contribution is -0.122. The summed E-state index contributed by atoms with van der Waals surface area (Å²) in [4.78, 5) is 14.8. The predicted molar refractivity (Wildman–Crippen MR) is 118 cm³/mol. The van der Waals surface area contributed by atoms with Gasteiger partial charge in [-0.15, -0.1) is 24.8 Å². The molecule has 2 aromatic rings. The molecule has 0 bridgehead atoms. The van der Waals surface area contributed by atoms with Crippen LogP contribution in [0, 0.1) is 6.92 Å². The number of carbonyl (C=O) groups is 1. The standard InChI is InChI=1S/C21H29N3O.2ClH/c1-4-24(5-2)15-19-9-7-6-8-18(19)14-23-21(25)20(22)17-12-10-16(3)11-13-17;;/h6-13,20H,4-5,14-15,22H2,1-3H3,(H,23,25);2*1H. The molecule has 0 saturated heterocycles. The Hall–Kier alpha value is -1.59. The van der Waals surface area contributed by atoms with E-state index in [4.69, 9.17) is 5.73 Å². The summed E-state index contributed by atoms with van der Waals surface area (Å²) in [7, 11) is 0. The van der Waals surface area contributed by atoms with Crippen molar-refractivity contribution in [3.05, 3.63) is 70.8 Å². The van der Waals surface area contributed by atoms with Crippen molar-refractivity contribution >= 4 is 30.7 Å². The molecular weight excluding hydrogens is 381 g/mol. The van der Waals surface area contributed by atoms with Gasteiger partial charge in [-0.05, 0) is 36.7 Å². The molecule has 1 amide bonds. The lowest BCUT2D eigenvalue weighted by atomic mass is 10.0. The molecule has 0 spiro atoms. The SMILES string of the molecule is CCN(CC)Cc1ccccc1CNC(=O)C(N)c1ccc(C)cc1.Cl.Cl. The fourth-order valence-electron chi connectivity index (χ4n) is 2.79. The van der Waals surface area contributed by atoms with Crippen LogP contribution in [0.15, 0.2) is 48.5 Å². The third kappa shape index (κ3) is 7.51. The minimum absolute atomic E-state index is 0. The topological polar surface area (TPSA) is 58.4 Å². The van der Waals surface area contributed by atoms with Crippen molar-refractivity contribution in [2.45, 2.75) is 39.9 Å². The Bertz CT molecular complexity index is 688. The molecule has 0 aliphatic heterocycles. The highest BCUT2D eigenvalue weighted by atomic mass is 35.5. The molecule has 150 valence electrons. The van der Waals surface area contributed by atoms with Crippen LogP contribution in [0.25, 0.3) is 0 Å². The van der Waals surface area contributed by atoms with Crippen molar-refractivity contribution in [3.63, 3.8) is 0 Å². The van der Waals surface area contributed by atoms with Crippen LogP contribution in [-0.4, -0.2) is 23.9 Å². The van der Waals surface area contributed by atoms with Crippen LogP contribution in [0.1, 0.15) is 42.1 Å². The summed E-state index contributed by atoms with van der Waals surface area (Å²) in [5, 5.41) is 2.98. The average molecular weight is 412 g/mol. The maximum Gasteiger partial charge on any atom is 0.241 e. The molecule has 2 aromatic carbocycles. The number of aryl methyl sites for hydroxylation is 1. The molecule has 1 unspecified atom stereocenters. The lowest BCUT2D eigenvalue weighted by Gasteiger charge is -2.20. The number of amides is 1. The van der Waals surface area contributed by atoms with Crippen molar-refractivity contribution in [2.24, 2.45) is 5.73 Å². The number of rotatable bonds is 8. The van der Waals surface area contributed by atoms with Crippen LogP contribution in [0.3, 0.4) is 0 Å². The molecule has 1 atom stereocenters. The number of hydrogen-bond acceptors (Lipinski definition) is 3. The highest BCUT2D eigenvalue weighted by Gasteiger charge is 2.16. The highest BCUT2D eigenvalue weighted by molar-refractivity contribution is 5.85. The number of benzene rings is 2. The fraction of sp³-hybridized carbons (Fsp3) is 0.381. The summed E-state index contributed by atoms with van der Waals surface area (Å²) in [6, 6.07) is 15.4. The first kappa shape index (κ1) is 25.4. The summed E-state index contributed by atoms with van der Waals surface area (Å²) < 4.78 is 0. The molecule has 0 aromatic heterocycles. The van der Waals surface area contributed by atoms with Crippen molar-refractivity contribution in [2.75, 3.05) is 13.1 Å². The summed E-state index contributed by atoms with van der Waals surface area (Å²) >= 11 is 0. The first-order chi connectivity index (χ1) is 12.0. The molecule has 0 saturated carbocycles. The van der Waals surface area contributed by atoms with Gasteiger partial charge in [0.05, 0.1) is 0 Å². The molecule has 2 rings (SSSR count). The van der Waals surface area contributed by atoms with E-state index in [1.807, 2.05) is 43.3 Å². The number of halogens is 2. The van der Waals surface area contributed by atoms with E-state index < -0.39 is 6.04 Å². The number of nitrogens with two attached hydrogens (primary N) is 1. The van der Waals surface area contributed by atoms with Crippen LogP contribution < -0.4 is 11.1 Å². The van der Waals surface area contributed by atoms with Crippen LogP contribution in [0.5, 0.6) is 0 Å². The Balaban J connectivity index is 0.00000338. The van der Waals surface area contributed by atoms with Gasteiger partial charge in [0.2, 0.25) is 5.91 Å². The molecule has 0 radical (unpaired) electrons. The predicted octanol–water partition coefficient (Wildman–Crippen LogP) is 4.00. The molecule has 0 aliphatic carbocycles. The summed E-state index contributed by atoms with van der Waals surface area (Å²) in [6.45, 7) is 9.75. The maximum atomic E-state index is 12.4. The largest absolute Gasteiger partial charge is 0.350 e. The summed E-state index contributed by atoms with van der Waals surface area (Å²) in [5.41, 5.74) is 10.5. The quantitative estimate of drug-likeness (QED) is 0.689. The van der Waals surface area contributed by atoms with Gasteiger partial charge in [0.1, 0.15) is 6.04 Å². The van der Waals surface area contributed by atoms with Gasteiger partial charge < -0.3 is 11.1 Å². The van der Waals surface area contributed by atoms with Gasteiger partial charge in [0.25, 0.3) is 0 Å². The Labute approximate surface area is 175 Å². The Morgan fingerprint density at radius 1 is 1.00 bits per heavy atom. The van der Waals surface area contributed by atoms with E-state index in [1.165, 1.54) is 5.56 Å². The van der Waals surface area contributed by atoms with Crippen LogP contribution >= 0.6 is 24.8 Å². The van der Waals surface area contributed by atoms with Crippen molar-refractivity contribution in [1.82, 2.24) is 10.2 Å². The van der Waals surface area contributed by atoms with Gasteiger partial charge >= 0.3 is 0 Å². The second-order valence-corrected chi connectivity index (χ2v) is 6.34. The van der Waals surface area contributed by atoms with Crippen molar-refractivity contribution in [3.8, 4) is 0 Å². The van der Waals surface area contributed by atoms with E-state index in [2.05, 4.69) is 36.2 Å². The normalized spacial score (nSPS) is 11.3. The van der Waals surface area contributed by atoms with Gasteiger partial charge in [-0.2, -0.15) is 0 Å². The number of carbonyl (C=O) groups excluding carboxylic acids is 1. The first-order valence-corrected chi connectivity index (χ1v) is 8.94. The Morgan fingerprint density at radius 3 is 2.11 bits per heavy atom. The molecule has 0 fully saturated rings. The zero-order chi connectivity index (χ0) is 18.2. The second-order valence-electron chi connectivity index (χ2n) is 6.34. The third-order valence-corrected chi connectivity index (χ3v) is 4.58. The van der Waals surface area contributed by atoms with E-state index in [0.29, 0.717) is 6.54 Å². The van der Waals surface area contributed by atoms with Crippen LogP contribution in [-0.2, 0) is 17.9 Å². The fourth-order valence-corrected chi connectivity index (χ4v) is 2.79. The van der Waals surface area contributed by atoms with E-state index in [1.54, 1.807) is 0 Å². The van der Waals surface area contributed by atoms with E-state index in [-0.39, 0.29) is 30.7 Å². The van der Waals surface area contributed by atoms with Gasteiger partial charge in [-0.3, -0.25) is 9.69 Å².